The lowest BCUT2D eigenvalue weighted by molar-refractivity contribution is -0.385. The van der Waals surface area contributed by atoms with E-state index in [4.69, 9.17) is 11.6 Å². The van der Waals surface area contributed by atoms with Gasteiger partial charge in [0.2, 0.25) is 15.9 Å². The van der Waals surface area contributed by atoms with Crippen LogP contribution < -0.4 is 5.32 Å². The molecular formula is C16H16ClN3O5S. The van der Waals surface area contributed by atoms with Crippen LogP contribution in [0.1, 0.15) is 5.56 Å². The van der Waals surface area contributed by atoms with Crippen molar-refractivity contribution in [3.8, 4) is 0 Å². The first-order valence-corrected chi connectivity index (χ1v) is 9.20. The third-order valence-electron chi connectivity index (χ3n) is 3.58. The molecule has 0 bridgehead atoms. The van der Waals surface area contributed by atoms with Gasteiger partial charge in [-0.15, -0.1) is 0 Å². The lowest BCUT2D eigenvalue weighted by atomic mass is 10.2. The number of halogens is 1. The van der Waals surface area contributed by atoms with E-state index < -0.39 is 27.4 Å². The summed E-state index contributed by atoms with van der Waals surface area (Å²) in [7, 11) is -2.60. The molecule has 0 aliphatic carbocycles. The number of anilines is 1. The molecule has 0 atom stereocenters. The van der Waals surface area contributed by atoms with Crippen molar-refractivity contribution >= 4 is 38.9 Å². The normalized spacial score (nSPS) is 11.4. The van der Waals surface area contributed by atoms with Gasteiger partial charge in [-0.2, -0.15) is 4.31 Å². The summed E-state index contributed by atoms with van der Waals surface area (Å²) in [6.45, 7) is 1.13. The largest absolute Gasteiger partial charge is 0.325 e. The lowest BCUT2D eigenvalue weighted by Gasteiger charge is -2.17. The second-order valence-corrected chi connectivity index (χ2v) is 8.00. The van der Waals surface area contributed by atoms with E-state index in [1.165, 1.54) is 49.5 Å². The van der Waals surface area contributed by atoms with Gasteiger partial charge in [-0.05, 0) is 37.3 Å². The van der Waals surface area contributed by atoms with Crippen molar-refractivity contribution in [3.63, 3.8) is 0 Å². The van der Waals surface area contributed by atoms with Crippen LogP contribution in [0.2, 0.25) is 5.02 Å². The van der Waals surface area contributed by atoms with E-state index in [0.29, 0.717) is 10.6 Å². The van der Waals surface area contributed by atoms with Crippen molar-refractivity contribution in [2.24, 2.45) is 0 Å². The van der Waals surface area contributed by atoms with Crippen LogP contribution in [-0.4, -0.2) is 37.1 Å². The fraction of sp³-hybridized carbons (Fsp3) is 0.188. The predicted octanol–water partition coefficient (Wildman–Crippen LogP) is 2.82. The van der Waals surface area contributed by atoms with Crippen molar-refractivity contribution in [2.75, 3.05) is 18.9 Å². The minimum Gasteiger partial charge on any atom is -0.325 e. The first kappa shape index (κ1) is 19.8. The average molecular weight is 398 g/mol. The Morgan fingerprint density at radius 2 is 1.85 bits per heavy atom. The summed E-state index contributed by atoms with van der Waals surface area (Å²) < 4.78 is 25.7. The van der Waals surface area contributed by atoms with Crippen molar-refractivity contribution in [1.29, 1.82) is 0 Å². The molecule has 2 aromatic carbocycles. The third-order valence-corrected chi connectivity index (χ3v) is 5.65. The number of benzene rings is 2. The van der Waals surface area contributed by atoms with Crippen LogP contribution in [0.15, 0.2) is 47.4 Å². The molecule has 1 amide bonds. The molecule has 0 saturated heterocycles. The molecule has 2 aromatic rings. The van der Waals surface area contributed by atoms with Gasteiger partial charge >= 0.3 is 0 Å². The number of amides is 1. The van der Waals surface area contributed by atoms with Crippen LogP contribution in [0, 0.1) is 17.0 Å². The number of hydrogen-bond acceptors (Lipinski definition) is 5. The molecule has 1 N–H and O–H groups in total. The molecular weight excluding hydrogens is 382 g/mol. The first-order valence-electron chi connectivity index (χ1n) is 7.38. The standard InChI is InChI=1S/C16H16ClN3O5S/c1-11-3-6-13(9-15(11)20(22)23)18-16(21)10-19(2)26(24,25)14-7-4-12(17)5-8-14/h3-9H,10H2,1-2H3,(H,18,21). The summed E-state index contributed by atoms with van der Waals surface area (Å²) in [4.78, 5) is 22.5. The van der Waals surface area contributed by atoms with E-state index in [0.717, 1.165) is 4.31 Å². The molecule has 10 heteroatoms. The topological polar surface area (TPSA) is 110 Å². The number of nitro benzene ring substituents is 1. The second kappa shape index (κ2) is 7.81. The average Bonchev–Trinajstić information content (AvgIpc) is 2.56. The number of carbonyl (C=O) groups excluding carboxylic acids is 1. The Balaban J connectivity index is 2.11. The molecule has 0 spiro atoms. The zero-order valence-corrected chi connectivity index (χ0v) is 15.5. The van der Waals surface area contributed by atoms with Crippen LogP contribution in [-0.2, 0) is 14.8 Å². The quantitative estimate of drug-likeness (QED) is 0.595. The SMILES string of the molecule is Cc1ccc(NC(=O)CN(C)S(=O)(=O)c2ccc(Cl)cc2)cc1[N+](=O)[O-]. The highest BCUT2D eigenvalue weighted by molar-refractivity contribution is 7.89. The van der Waals surface area contributed by atoms with Crippen molar-refractivity contribution in [2.45, 2.75) is 11.8 Å². The van der Waals surface area contributed by atoms with Gasteiger partial charge in [0.25, 0.3) is 5.69 Å². The number of nitrogens with one attached hydrogen (secondary N) is 1. The summed E-state index contributed by atoms with van der Waals surface area (Å²) in [6.07, 6.45) is 0. The number of nitrogens with zero attached hydrogens (tertiary/aromatic N) is 2. The highest BCUT2D eigenvalue weighted by Gasteiger charge is 2.23. The molecule has 26 heavy (non-hydrogen) atoms. The maximum Gasteiger partial charge on any atom is 0.274 e. The Labute approximate surface area is 155 Å². The molecule has 0 aromatic heterocycles. The Kier molecular flexibility index (Phi) is 5.96. The van der Waals surface area contributed by atoms with Crippen LogP contribution in [0.3, 0.4) is 0 Å². The van der Waals surface area contributed by atoms with E-state index >= 15 is 0 Å². The van der Waals surface area contributed by atoms with Gasteiger partial charge < -0.3 is 5.32 Å². The zero-order chi connectivity index (χ0) is 19.5. The molecule has 138 valence electrons. The number of sulfonamides is 1. The fourth-order valence-electron chi connectivity index (χ4n) is 2.16. The van der Waals surface area contributed by atoms with Crippen molar-refractivity contribution < 1.29 is 18.1 Å². The monoisotopic (exact) mass is 397 g/mol. The molecule has 0 saturated carbocycles. The van der Waals surface area contributed by atoms with Crippen LogP contribution in [0.5, 0.6) is 0 Å². The van der Waals surface area contributed by atoms with Gasteiger partial charge in [0, 0.05) is 29.4 Å². The molecule has 8 nitrogen and oxygen atoms in total. The van der Waals surface area contributed by atoms with E-state index in [9.17, 15) is 23.3 Å². The van der Waals surface area contributed by atoms with Gasteiger partial charge in [0.05, 0.1) is 16.4 Å². The molecule has 0 unspecified atom stereocenters. The lowest BCUT2D eigenvalue weighted by Crippen LogP contribution is -2.34. The maximum atomic E-state index is 12.4. The Hall–Kier alpha value is -2.49. The number of hydrogen-bond donors (Lipinski definition) is 1. The molecule has 0 radical (unpaired) electrons. The van der Waals surface area contributed by atoms with Gasteiger partial charge in [-0.25, -0.2) is 8.42 Å². The Morgan fingerprint density at radius 3 is 2.42 bits per heavy atom. The van der Waals surface area contributed by atoms with Crippen LogP contribution >= 0.6 is 11.6 Å². The molecule has 0 fully saturated rings. The van der Waals surface area contributed by atoms with Crippen LogP contribution in [0.25, 0.3) is 0 Å². The fourth-order valence-corrected chi connectivity index (χ4v) is 3.41. The van der Waals surface area contributed by atoms with E-state index in [-0.39, 0.29) is 16.3 Å². The highest BCUT2D eigenvalue weighted by atomic mass is 35.5. The van der Waals surface area contributed by atoms with Crippen molar-refractivity contribution in [3.05, 3.63) is 63.2 Å². The summed E-state index contributed by atoms with van der Waals surface area (Å²) in [5, 5.41) is 13.8. The number of likely N-dealkylation sites (N-methyl/N-ethyl adjacent to an activating group) is 1. The van der Waals surface area contributed by atoms with Crippen LogP contribution in [0.4, 0.5) is 11.4 Å². The molecule has 0 aliphatic heterocycles. The summed E-state index contributed by atoms with van der Waals surface area (Å²) in [6, 6.07) is 9.79. The second-order valence-electron chi connectivity index (χ2n) is 5.52. The first-order chi connectivity index (χ1) is 12.1. The minimum atomic E-state index is -3.87. The number of carbonyl (C=O) groups is 1. The number of rotatable bonds is 6. The predicted molar refractivity (Wildman–Crippen MR) is 97.7 cm³/mol. The van der Waals surface area contributed by atoms with E-state index in [1.54, 1.807) is 6.92 Å². The summed E-state index contributed by atoms with van der Waals surface area (Å²) in [5.41, 5.74) is 0.532. The minimum absolute atomic E-state index is 0.00294. The summed E-state index contributed by atoms with van der Waals surface area (Å²) >= 11 is 5.74. The zero-order valence-electron chi connectivity index (χ0n) is 14.0. The number of aryl methyl sites for hydroxylation is 1. The highest BCUT2D eigenvalue weighted by Crippen LogP contribution is 2.22. The molecule has 2 rings (SSSR count). The van der Waals surface area contributed by atoms with Gasteiger partial charge in [-0.3, -0.25) is 14.9 Å². The van der Waals surface area contributed by atoms with E-state index in [1.807, 2.05) is 0 Å². The maximum absolute atomic E-state index is 12.4. The van der Waals surface area contributed by atoms with Gasteiger partial charge in [-0.1, -0.05) is 17.7 Å². The Morgan fingerprint density at radius 1 is 1.23 bits per heavy atom. The Bertz CT molecular complexity index is 945. The van der Waals surface area contributed by atoms with Gasteiger partial charge in [0.1, 0.15) is 0 Å². The van der Waals surface area contributed by atoms with Crippen molar-refractivity contribution in [1.82, 2.24) is 4.31 Å². The van der Waals surface area contributed by atoms with E-state index in [2.05, 4.69) is 5.32 Å². The number of nitro groups is 1. The molecule has 0 heterocycles. The van der Waals surface area contributed by atoms with Gasteiger partial charge in [0.15, 0.2) is 0 Å². The molecule has 0 aliphatic rings. The smallest absolute Gasteiger partial charge is 0.274 e. The summed E-state index contributed by atoms with van der Waals surface area (Å²) in [5.74, 6) is -0.622. The third kappa shape index (κ3) is 4.57.